The quantitative estimate of drug-likeness (QED) is 0.111. The first-order valence-corrected chi connectivity index (χ1v) is 14.2. The fourth-order valence-corrected chi connectivity index (χ4v) is 3.14. The van der Waals surface area contributed by atoms with Gasteiger partial charge < -0.3 is 33.7 Å². The van der Waals surface area contributed by atoms with Crippen molar-refractivity contribution in [1.29, 1.82) is 0 Å². The molecule has 0 fully saturated rings. The summed E-state index contributed by atoms with van der Waals surface area (Å²) in [5.41, 5.74) is 0.573. The molecule has 0 aliphatic carbocycles. The van der Waals surface area contributed by atoms with Crippen molar-refractivity contribution in [3.05, 3.63) is 23.8 Å². The Kier molecular flexibility index (Phi) is 16.5. The monoisotopic (exact) mass is 581 g/mol. The van der Waals surface area contributed by atoms with Crippen LogP contribution in [0, 0.1) is 23.7 Å². The topological polar surface area (TPSA) is 136 Å². The molecule has 0 amide bonds. The van der Waals surface area contributed by atoms with E-state index in [0.29, 0.717) is 5.56 Å². The van der Waals surface area contributed by atoms with E-state index in [4.69, 9.17) is 28.4 Å². The molecule has 232 valence electrons. The lowest BCUT2D eigenvalue weighted by molar-refractivity contribution is -0.149. The van der Waals surface area contributed by atoms with Gasteiger partial charge in [-0.25, -0.2) is 9.59 Å². The Morgan fingerprint density at radius 2 is 1.34 bits per heavy atom. The molecule has 11 heteroatoms. The second-order valence-corrected chi connectivity index (χ2v) is 10.6. The Hall–Kier alpha value is -3.34. The van der Waals surface area contributed by atoms with Gasteiger partial charge in [0.2, 0.25) is 0 Å². The van der Waals surface area contributed by atoms with Crippen LogP contribution in [0.2, 0.25) is 0 Å². The second kappa shape index (κ2) is 18.9. The summed E-state index contributed by atoms with van der Waals surface area (Å²) in [6.45, 7) is 14.1. The van der Waals surface area contributed by atoms with Gasteiger partial charge in [0.15, 0.2) is 11.5 Å². The second-order valence-electron chi connectivity index (χ2n) is 10.6. The number of hydrogen-bond acceptors (Lipinski definition) is 11. The lowest BCUT2D eigenvalue weighted by atomic mass is 9.99. The molecule has 0 bridgehead atoms. The molecular formula is C30H47NO10. The summed E-state index contributed by atoms with van der Waals surface area (Å²) in [7, 11) is 1.27. The minimum absolute atomic E-state index is 0.0443. The van der Waals surface area contributed by atoms with Crippen molar-refractivity contribution in [2.24, 2.45) is 23.7 Å². The van der Waals surface area contributed by atoms with E-state index in [1.165, 1.54) is 19.2 Å². The average molecular weight is 582 g/mol. The van der Waals surface area contributed by atoms with Crippen LogP contribution in [0.25, 0.3) is 0 Å². The van der Waals surface area contributed by atoms with Gasteiger partial charge in [0.1, 0.15) is 12.6 Å². The zero-order valence-corrected chi connectivity index (χ0v) is 25.7. The summed E-state index contributed by atoms with van der Waals surface area (Å²) < 4.78 is 31.2. The van der Waals surface area contributed by atoms with Gasteiger partial charge in [0.25, 0.3) is 0 Å². The van der Waals surface area contributed by atoms with Crippen LogP contribution in [0.3, 0.4) is 0 Å². The zero-order valence-electron chi connectivity index (χ0n) is 25.7. The van der Waals surface area contributed by atoms with Gasteiger partial charge in [-0.2, -0.15) is 0 Å². The summed E-state index contributed by atoms with van der Waals surface area (Å²) in [5, 5.41) is 3.03. The molecule has 1 aromatic carbocycles. The number of ether oxygens (including phenoxy) is 6. The normalized spacial score (nSPS) is 13.9. The number of esters is 2. The van der Waals surface area contributed by atoms with Gasteiger partial charge >= 0.3 is 24.2 Å². The minimum Gasteiger partial charge on any atom is -0.468 e. The first-order valence-electron chi connectivity index (χ1n) is 14.2. The van der Waals surface area contributed by atoms with Gasteiger partial charge in [-0.05, 0) is 41.9 Å². The van der Waals surface area contributed by atoms with Crippen molar-refractivity contribution >= 4 is 24.2 Å². The van der Waals surface area contributed by atoms with Crippen LogP contribution >= 0.6 is 0 Å². The summed E-state index contributed by atoms with van der Waals surface area (Å²) in [6, 6.07) is 3.75. The maximum atomic E-state index is 12.5. The third-order valence-electron chi connectivity index (χ3n) is 6.79. The molecule has 0 radical (unpaired) electrons. The molecule has 4 atom stereocenters. The first-order chi connectivity index (χ1) is 19.4. The van der Waals surface area contributed by atoms with E-state index < -0.39 is 24.3 Å². The van der Waals surface area contributed by atoms with Crippen molar-refractivity contribution < 1.29 is 47.6 Å². The Morgan fingerprint density at radius 1 is 0.780 bits per heavy atom. The molecule has 0 saturated carbocycles. The van der Waals surface area contributed by atoms with E-state index in [1.54, 1.807) is 13.0 Å². The van der Waals surface area contributed by atoms with Crippen molar-refractivity contribution in [3.63, 3.8) is 0 Å². The van der Waals surface area contributed by atoms with Gasteiger partial charge in [-0.3, -0.25) is 9.59 Å². The fourth-order valence-electron chi connectivity index (χ4n) is 3.14. The van der Waals surface area contributed by atoms with Crippen molar-refractivity contribution in [1.82, 2.24) is 5.32 Å². The maximum absolute atomic E-state index is 12.5. The van der Waals surface area contributed by atoms with Crippen LogP contribution in [0.4, 0.5) is 9.59 Å². The van der Waals surface area contributed by atoms with Crippen molar-refractivity contribution in [2.75, 3.05) is 33.5 Å². The van der Waals surface area contributed by atoms with Crippen LogP contribution in [0.1, 0.15) is 66.9 Å². The first kappa shape index (κ1) is 35.7. The highest BCUT2D eigenvalue weighted by Gasteiger charge is 2.23. The molecular weight excluding hydrogens is 534 g/mol. The van der Waals surface area contributed by atoms with Crippen molar-refractivity contribution in [2.45, 2.75) is 73.8 Å². The predicted octanol–water partition coefficient (Wildman–Crippen LogP) is 5.32. The van der Waals surface area contributed by atoms with Gasteiger partial charge in [0.05, 0.1) is 26.2 Å². The molecule has 0 aromatic heterocycles. The molecule has 0 heterocycles. The Labute approximate surface area is 243 Å². The molecule has 0 saturated heterocycles. The van der Waals surface area contributed by atoms with E-state index in [1.807, 2.05) is 41.5 Å². The number of nitrogens with one attached hydrogen (secondary N) is 1. The standard InChI is InChI=1S/C30H47NO10/c1-9-20(5)17-38-29(34)40-25-12-11-23(16-26(25)41-30(35)39-18-21(6)10-2)15-24(28(33)36-8)31-13-14-37-27(32)22(7)19(3)4/h11-12,16,19-22,24,31H,9-10,13-15,17-18H2,1-8H3/t20?,21?,22?,24-/m0/s1. The van der Waals surface area contributed by atoms with Crippen LogP contribution in [-0.2, 0) is 35.0 Å². The van der Waals surface area contributed by atoms with Gasteiger partial charge in [0, 0.05) is 6.54 Å². The largest absolute Gasteiger partial charge is 0.513 e. The van der Waals surface area contributed by atoms with Gasteiger partial charge in [-0.15, -0.1) is 0 Å². The average Bonchev–Trinajstić information content (AvgIpc) is 2.96. The molecule has 1 rings (SSSR count). The number of rotatable bonds is 17. The highest BCUT2D eigenvalue weighted by Crippen LogP contribution is 2.30. The van der Waals surface area contributed by atoms with E-state index in [-0.39, 0.29) is 73.9 Å². The van der Waals surface area contributed by atoms with Crippen molar-refractivity contribution in [3.8, 4) is 11.5 Å². The third kappa shape index (κ3) is 13.7. The highest BCUT2D eigenvalue weighted by molar-refractivity contribution is 5.76. The smallest absolute Gasteiger partial charge is 0.468 e. The Balaban J connectivity index is 3.02. The number of benzene rings is 1. The summed E-state index contributed by atoms with van der Waals surface area (Å²) in [5.74, 6) is -0.756. The predicted molar refractivity (Wildman–Crippen MR) is 152 cm³/mol. The number of methoxy groups -OCH3 is 1. The van der Waals surface area contributed by atoms with Gasteiger partial charge in [-0.1, -0.05) is 67.4 Å². The molecule has 0 spiro atoms. The zero-order chi connectivity index (χ0) is 30.9. The lowest BCUT2D eigenvalue weighted by Gasteiger charge is -2.19. The number of carbonyl (C=O) groups excluding carboxylic acids is 4. The van der Waals surface area contributed by atoms with Crippen LogP contribution in [0.5, 0.6) is 11.5 Å². The summed E-state index contributed by atoms with van der Waals surface area (Å²) in [4.78, 5) is 49.2. The van der Waals surface area contributed by atoms with E-state index >= 15 is 0 Å². The molecule has 1 aromatic rings. The highest BCUT2D eigenvalue weighted by atomic mass is 16.7. The molecule has 11 nitrogen and oxygen atoms in total. The molecule has 3 unspecified atom stereocenters. The summed E-state index contributed by atoms with van der Waals surface area (Å²) >= 11 is 0. The number of hydrogen-bond donors (Lipinski definition) is 1. The fraction of sp³-hybridized carbons (Fsp3) is 0.667. The lowest BCUT2D eigenvalue weighted by Crippen LogP contribution is -2.41. The SMILES string of the molecule is CCC(C)COC(=O)Oc1ccc(C[C@H](NCCOC(=O)C(C)C(C)C)C(=O)OC)cc1OC(=O)OCC(C)CC. The van der Waals surface area contributed by atoms with Crippen LogP contribution in [0.15, 0.2) is 18.2 Å². The van der Waals surface area contributed by atoms with E-state index in [2.05, 4.69) is 5.32 Å². The van der Waals surface area contributed by atoms with E-state index in [0.717, 1.165) is 12.8 Å². The molecule has 0 aliphatic rings. The van der Waals surface area contributed by atoms with Crippen LogP contribution < -0.4 is 14.8 Å². The van der Waals surface area contributed by atoms with E-state index in [9.17, 15) is 19.2 Å². The van der Waals surface area contributed by atoms with Crippen LogP contribution in [-0.4, -0.2) is 63.8 Å². The molecule has 0 aliphatic heterocycles. The molecule has 41 heavy (non-hydrogen) atoms. The molecule has 1 N–H and O–H groups in total. The Morgan fingerprint density at radius 3 is 1.85 bits per heavy atom. The summed E-state index contributed by atoms with van der Waals surface area (Å²) in [6.07, 6.45) is -0.115. The minimum atomic E-state index is -0.958. The maximum Gasteiger partial charge on any atom is 0.513 e. The number of carbonyl (C=O) groups is 4. The Bertz CT molecular complexity index is 980. The third-order valence-corrected chi connectivity index (χ3v) is 6.79.